The molecule has 88 valence electrons. The molecule has 0 aromatic carbocycles. The highest BCUT2D eigenvalue weighted by Gasteiger charge is 2.28. The predicted molar refractivity (Wildman–Crippen MR) is 60.3 cm³/mol. The van der Waals surface area contributed by atoms with Gasteiger partial charge in [-0.2, -0.15) is 4.31 Å². The van der Waals surface area contributed by atoms with Crippen LogP contribution in [-0.2, 0) is 10.0 Å². The molecule has 16 heavy (non-hydrogen) atoms. The number of nitrogens with one attached hydrogen (secondary N) is 1. The number of rotatable bonds is 2. The summed E-state index contributed by atoms with van der Waals surface area (Å²) in [5.74, 6) is 0. The van der Waals surface area contributed by atoms with Crippen LogP contribution in [0.4, 0.5) is 0 Å². The molecule has 6 heteroatoms. The van der Waals surface area contributed by atoms with E-state index in [1.165, 1.54) is 22.4 Å². The second-order valence-corrected chi connectivity index (χ2v) is 5.97. The number of nitrogens with zero attached hydrogens (tertiary/aromatic N) is 2. The van der Waals surface area contributed by atoms with E-state index in [1.54, 1.807) is 0 Å². The van der Waals surface area contributed by atoms with E-state index in [-0.39, 0.29) is 5.03 Å². The van der Waals surface area contributed by atoms with E-state index in [0.29, 0.717) is 13.1 Å². The Morgan fingerprint density at radius 2 is 2.12 bits per heavy atom. The Morgan fingerprint density at radius 1 is 1.38 bits per heavy atom. The molecule has 1 aliphatic heterocycles. The van der Waals surface area contributed by atoms with Crippen LogP contribution in [0.25, 0.3) is 0 Å². The minimum absolute atomic E-state index is 0.167. The van der Waals surface area contributed by atoms with Gasteiger partial charge in [0.15, 0.2) is 5.03 Å². The Bertz CT molecular complexity index is 502. The van der Waals surface area contributed by atoms with Crippen LogP contribution in [0.2, 0.25) is 0 Å². The van der Waals surface area contributed by atoms with Crippen molar-refractivity contribution in [1.82, 2.24) is 14.3 Å². The number of imidazole rings is 1. The molecule has 0 fully saturated rings. The minimum atomic E-state index is -3.39. The predicted octanol–water partition coefficient (Wildman–Crippen LogP) is 1.14. The molecule has 0 aliphatic carbocycles. The molecule has 2 rings (SSSR count). The van der Waals surface area contributed by atoms with E-state index in [4.69, 9.17) is 0 Å². The Kier molecular flexibility index (Phi) is 2.86. The monoisotopic (exact) mass is 241 g/mol. The van der Waals surface area contributed by atoms with Gasteiger partial charge in [-0.05, 0) is 20.3 Å². The van der Waals surface area contributed by atoms with E-state index < -0.39 is 10.0 Å². The van der Waals surface area contributed by atoms with Crippen molar-refractivity contribution >= 4 is 10.0 Å². The van der Waals surface area contributed by atoms with Crippen molar-refractivity contribution in [3.05, 3.63) is 23.7 Å². The first kappa shape index (κ1) is 11.3. The molecule has 1 aliphatic rings. The molecule has 0 amide bonds. The Balaban J connectivity index is 2.28. The third-order valence-corrected chi connectivity index (χ3v) is 4.74. The fourth-order valence-electron chi connectivity index (χ4n) is 1.71. The highest BCUT2D eigenvalue weighted by Crippen LogP contribution is 2.22. The lowest BCUT2D eigenvalue weighted by Crippen LogP contribution is -2.36. The third kappa shape index (κ3) is 1.90. The highest BCUT2D eigenvalue weighted by atomic mass is 32.2. The van der Waals surface area contributed by atoms with Crippen LogP contribution in [0, 0.1) is 0 Å². The van der Waals surface area contributed by atoms with Gasteiger partial charge in [0, 0.05) is 13.1 Å². The summed E-state index contributed by atoms with van der Waals surface area (Å²) in [6.07, 6.45) is 3.53. The lowest BCUT2D eigenvalue weighted by molar-refractivity contribution is 0.419. The van der Waals surface area contributed by atoms with E-state index in [2.05, 4.69) is 16.9 Å². The molecule has 0 spiro atoms. The summed E-state index contributed by atoms with van der Waals surface area (Å²) in [5, 5.41) is 0.167. The largest absolute Gasteiger partial charge is 0.335 e. The molecule has 0 bridgehead atoms. The summed E-state index contributed by atoms with van der Waals surface area (Å²) >= 11 is 0. The van der Waals surface area contributed by atoms with E-state index in [1.807, 2.05) is 6.92 Å². The van der Waals surface area contributed by atoms with Gasteiger partial charge in [-0.25, -0.2) is 13.4 Å². The van der Waals surface area contributed by atoms with Crippen molar-refractivity contribution < 1.29 is 8.42 Å². The summed E-state index contributed by atoms with van der Waals surface area (Å²) < 4.78 is 25.8. The summed E-state index contributed by atoms with van der Waals surface area (Å²) in [7, 11) is -3.39. The van der Waals surface area contributed by atoms with Gasteiger partial charge in [-0.1, -0.05) is 11.1 Å². The highest BCUT2D eigenvalue weighted by molar-refractivity contribution is 7.89. The molecular weight excluding hydrogens is 226 g/mol. The molecule has 1 N–H and O–H groups in total. The van der Waals surface area contributed by atoms with Gasteiger partial charge < -0.3 is 4.98 Å². The molecular formula is C10H15N3O2S. The van der Waals surface area contributed by atoms with Gasteiger partial charge in [0.25, 0.3) is 10.0 Å². The fourth-order valence-corrected chi connectivity index (χ4v) is 3.08. The quantitative estimate of drug-likeness (QED) is 0.790. The number of sulfonamides is 1. The normalized spacial score (nSPS) is 19.1. The van der Waals surface area contributed by atoms with E-state index in [9.17, 15) is 8.42 Å². The van der Waals surface area contributed by atoms with Crippen LogP contribution in [0.5, 0.6) is 0 Å². The fraction of sp³-hybridized carbons (Fsp3) is 0.500. The van der Waals surface area contributed by atoms with Gasteiger partial charge in [0.2, 0.25) is 0 Å². The Morgan fingerprint density at radius 3 is 2.69 bits per heavy atom. The third-order valence-electron chi connectivity index (χ3n) is 2.97. The van der Waals surface area contributed by atoms with Crippen molar-refractivity contribution in [1.29, 1.82) is 0 Å². The zero-order chi connectivity index (χ0) is 11.8. The van der Waals surface area contributed by atoms with Crippen molar-refractivity contribution in [2.75, 3.05) is 13.1 Å². The maximum atomic E-state index is 12.1. The van der Waals surface area contributed by atoms with Crippen molar-refractivity contribution in [2.45, 2.75) is 25.3 Å². The van der Waals surface area contributed by atoms with Gasteiger partial charge >= 0.3 is 0 Å². The van der Waals surface area contributed by atoms with Crippen molar-refractivity contribution in [3.8, 4) is 0 Å². The second-order valence-electron chi connectivity index (χ2n) is 4.07. The second kappa shape index (κ2) is 4.03. The average molecular weight is 241 g/mol. The smallest absolute Gasteiger partial charge is 0.260 e. The number of H-pyrrole nitrogens is 1. The molecule has 0 saturated carbocycles. The zero-order valence-corrected chi connectivity index (χ0v) is 10.2. The average Bonchev–Trinajstić information content (AvgIpc) is 2.75. The lowest BCUT2D eigenvalue weighted by Gasteiger charge is -2.27. The zero-order valence-electron chi connectivity index (χ0n) is 9.40. The summed E-state index contributed by atoms with van der Waals surface area (Å²) in [6.45, 7) is 5.05. The number of hydrogen-bond donors (Lipinski definition) is 1. The SMILES string of the molecule is CC1=C(C)CN(S(=O)(=O)c2cnc[nH]2)CC1. The maximum Gasteiger partial charge on any atom is 0.260 e. The number of hydrogen-bond acceptors (Lipinski definition) is 3. The van der Waals surface area contributed by atoms with Crippen LogP contribution in [-0.4, -0.2) is 35.8 Å². The molecule has 2 heterocycles. The van der Waals surface area contributed by atoms with Crippen molar-refractivity contribution in [2.24, 2.45) is 0 Å². The van der Waals surface area contributed by atoms with Gasteiger partial charge in [-0.3, -0.25) is 0 Å². The molecule has 1 aromatic heterocycles. The van der Waals surface area contributed by atoms with Crippen LogP contribution < -0.4 is 0 Å². The maximum absolute atomic E-state index is 12.1. The van der Waals surface area contributed by atoms with Gasteiger partial charge in [0.05, 0.1) is 12.5 Å². The number of aromatic nitrogens is 2. The van der Waals surface area contributed by atoms with Gasteiger partial charge in [0.1, 0.15) is 0 Å². The van der Waals surface area contributed by atoms with Crippen molar-refractivity contribution in [3.63, 3.8) is 0 Å². The first-order chi connectivity index (χ1) is 7.51. The van der Waals surface area contributed by atoms with Crippen LogP contribution in [0.1, 0.15) is 20.3 Å². The molecule has 0 atom stereocenters. The molecule has 0 unspecified atom stereocenters. The topological polar surface area (TPSA) is 66.1 Å². The first-order valence-electron chi connectivity index (χ1n) is 5.15. The Hall–Kier alpha value is -1.14. The number of aromatic amines is 1. The molecule has 0 radical (unpaired) electrons. The van der Waals surface area contributed by atoms with Crippen LogP contribution in [0.3, 0.4) is 0 Å². The standard InChI is InChI=1S/C10H15N3O2S/c1-8-3-4-13(6-9(8)2)16(14,15)10-5-11-7-12-10/h5,7H,3-4,6H2,1-2H3,(H,11,12). The minimum Gasteiger partial charge on any atom is -0.335 e. The molecule has 5 nitrogen and oxygen atoms in total. The van der Waals surface area contributed by atoms with E-state index in [0.717, 1.165) is 12.0 Å². The van der Waals surface area contributed by atoms with E-state index >= 15 is 0 Å². The molecule has 1 aromatic rings. The van der Waals surface area contributed by atoms with Crippen LogP contribution in [0.15, 0.2) is 28.7 Å². The Labute approximate surface area is 95.2 Å². The summed E-state index contributed by atoms with van der Waals surface area (Å²) in [6, 6.07) is 0. The summed E-state index contributed by atoms with van der Waals surface area (Å²) in [5.41, 5.74) is 2.42. The van der Waals surface area contributed by atoms with Crippen LogP contribution >= 0.6 is 0 Å². The summed E-state index contributed by atoms with van der Waals surface area (Å²) in [4.78, 5) is 6.39. The molecule has 0 saturated heterocycles. The lowest BCUT2D eigenvalue weighted by atomic mass is 10.1. The first-order valence-corrected chi connectivity index (χ1v) is 6.59. The van der Waals surface area contributed by atoms with Gasteiger partial charge in [-0.15, -0.1) is 0 Å².